The van der Waals surface area contributed by atoms with Crippen LogP contribution in [0.1, 0.15) is 42.6 Å². The Hall–Kier alpha value is -3.63. The second kappa shape index (κ2) is 9.47. The number of benzene rings is 1. The van der Waals surface area contributed by atoms with Crippen LogP contribution in [0.3, 0.4) is 0 Å². The molecular formula is C22H24F2N6O3. The number of rotatable bonds is 5. The second-order valence-electron chi connectivity index (χ2n) is 7.79. The van der Waals surface area contributed by atoms with Crippen LogP contribution in [0, 0.1) is 11.6 Å². The van der Waals surface area contributed by atoms with Gasteiger partial charge in [0.15, 0.2) is 11.6 Å². The first-order valence-electron chi connectivity index (χ1n) is 10.8. The van der Waals surface area contributed by atoms with Crippen molar-refractivity contribution in [3.63, 3.8) is 0 Å². The molecule has 1 saturated heterocycles. The standard InChI is InChI=1S/C22H24F2N6O3/c1-3-10-33-22(32)29-8-6-13(7-9-29)30-18-12-26-16(11-17(18)27-28-30)14-4-5-15(21(31)25-2)20(24)19(14)23/h4-5,11-13H,3,6-10H2,1-2H3,(H,25,31). The summed E-state index contributed by atoms with van der Waals surface area (Å²) in [5.74, 6) is -3.10. The SMILES string of the molecule is CCCOC(=O)N1CCC(n2nnc3cc(-c4ccc(C(=O)NC)c(F)c4F)ncc32)CC1. The number of likely N-dealkylation sites (tertiary alicyclic amines) is 1. The highest BCUT2D eigenvalue weighted by Crippen LogP contribution is 2.29. The molecule has 3 heterocycles. The number of pyridine rings is 1. The summed E-state index contributed by atoms with van der Waals surface area (Å²) in [6.45, 7) is 3.43. The van der Waals surface area contributed by atoms with E-state index in [1.54, 1.807) is 9.58 Å². The first kappa shape index (κ1) is 22.6. The Bertz CT molecular complexity index is 1190. The zero-order chi connectivity index (χ0) is 23.5. The molecule has 4 rings (SSSR count). The number of nitrogens with one attached hydrogen (secondary N) is 1. The molecule has 0 saturated carbocycles. The quantitative estimate of drug-likeness (QED) is 0.629. The smallest absolute Gasteiger partial charge is 0.409 e. The van der Waals surface area contributed by atoms with Crippen molar-refractivity contribution >= 4 is 23.0 Å². The Kier molecular flexibility index (Phi) is 6.47. The third-order valence-corrected chi connectivity index (χ3v) is 5.69. The van der Waals surface area contributed by atoms with Crippen LogP contribution in [-0.2, 0) is 4.74 Å². The first-order chi connectivity index (χ1) is 15.9. The largest absolute Gasteiger partial charge is 0.449 e. The third-order valence-electron chi connectivity index (χ3n) is 5.69. The number of carbonyl (C=O) groups is 2. The van der Waals surface area contributed by atoms with Gasteiger partial charge in [-0.05, 0) is 37.5 Å². The Labute approximate surface area is 188 Å². The summed E-state index contributed by atoms with van der Waals surface area (Å²) in [5.41, 5.74) is 0.877. The summed E-state index contributed by atoms with van der Waals surface area (Å²) in [6, 6.07) is 4.09. The van der Waals surface area contributed by atoms with Crippen molar-refractivity contribution in [1.29, 1.82) is 0 Å². The Morgan fingerprint density at radius 3 is 2.67 bits per heavy atom. The maximum Gasteiger partial charge on any atom is 0.409 e. The number of ether oxygens (including phenoxy) is 1. The van der Waals surface area contributed by atoms with Crippen LogP contribution >= 0.6 is 0 Å². The van der Waals surface area contributed by atoms with E-state index in [1.807, 2.05) is 6.92 Å². The van der Waals surface area contributed by atoms with Crippen molar-refractivity contribution in [1.82, 2.24) is 30.2 Å². The molecule has 33 heavy (non-hydrogen) atoms. The first-order valence-corrected chi connectivity index (χ1v) is 10.8. The fourth-order valence-electron chi connectivity index (χ4n) is 3.89. The highest BCUT2D eigenvalue weighted by molar-refractivity contribution is 5.95. The van der Waals surface area contributed by atoms with Crippen molar-refractivity contribution in [2.45, 2.75) is 32.2 Å². The van der Waals surface area contributed by atoms with Gasteiger partial charge in [0, 0.05) is 25.7 Å². The predicted molar refractivity (Wildman–Crippen MR) is 116 cm³/mol. The van der Waals surface area contributed by atoms with Gasteiger partial charge in [-0.1, -0.05) is 12.1 Å². The molecule has 2 aromatic heterocycles. The maximum atomic E-state index is 14.6. The van der Waals surface area contributed by atoms with Gasteiger partial charge in [-0.2, -0.15) is 0 Å². The molecule has 0 aliphatic carbocycles. The second-order valence-corrected chi connectivity index (χ2v) is 7.79. The van der Waals surface area contributed by atoms with Gasteiger partial charge < -0.3 is 15.0 Å². The minimum Gasteiger partial charge on any atom is -0.449 e. The van der Waals surface area contributed by atoms with Crippen LogP contribution in [0.4, 0.5) is 13.6 Å². The lowest BCUT2D eigenvalue weighted by atomic mass is 10.0. The molecule has 0 unspecified atom stereocenters. The van der Waals surface area contributed by atoms with E-state index in [2.05, 4.69) is 20.6 Å². The van der Waals surface area contributed by atoms with E-state index in [0.29, 0.717) is 43.6 Å². The van der Waals surface area contributed by atoms with E-state index in [1.165, 1.54) is 31.4 Å². The van der Waals surface area contributed by atoms with Gasteiger partial charge in [-0.3, -0.25) is 9.78 Å². The highest BCUT2D eigenvalue weighted by atomic mass is 19.2. The lowest BCUT2D eigenvalue weighted by molar-refractivity contribution is 0.0877. The number of aromatic nitrogens is 4. The minimum absolute atomic E-state index is 0.0268. The fraction of sp³-hybridized carbons (Fsp3) is 0.409. The summed E-state index contributed by atoms with van der Waals surface area (Å²) >= 11 is 0. The molecule has 0 spiro atoms. The molecule has 1 fully saturated rings. The van der Waals surface area contributed by atoms with Gasteiger partial charge >= 0.3 is 6.09 Å². The Balaban J connectivity index is 1.54. The summed E-state index contributed by atoms with van der Waals surface area (Å²) < 4.78 is 36.0. The Morgan fingerprint density at radius 2 is 1.97 bits per heavy atom. The van der Waals surface area contributed by atoms with E-state index in [-0.39, 0.29) is 29.0 Å². The molecule has 0 radical (unpaired) electrons. The lowest BCUT2D eigenvalue weighted by Gasteiger charge is -2.31. The molecule has 174 valence electrons. The molecule has 0 bridgehead atoms. The zero-order valence-electron chi connectivity index (χ0n) is 18.3. The van der Waals surface area contributed by atoms with Gasteiger partial charge in [0.25, 0.3) is 5.91 Å². The number of carbonyl (C=O) groups excluding carboxylic acids is 2. The molecule has 0 atom stereocenters. The highest BCUT2D eigenvalue weighted by Gasteiger charge is 2.27. The van der Waals surface area contributed by atoms with E-state index < -0.39 is 17.5 Å². The molecule has 1 aliphatic rings. The average Bonchev–Trinajstić information content (AvgIpc) is 3.27. The molecule has 2 amide bonds. The number of halogens is 2. The van der Waals surface area contributed by atoms with Crippen LogP contribution in [0.25, 0.3) is 22.3 Å². The van der Waals surface area contributed by atoms with Crippen LogP contribution in [0.2, 0.25) is 0 Å². The van der Waals surface area contributed by atoms with Crippen molar-refractivity contribution in [3.8, 4) is 11.3 Å². The molecule has 1 N–H and O–H groups in total. The van der Waals surface area contributed by atoms with Crippen molar-refractivity contribution in [2.24, 2.45) is 0 Å². The number of hydrogen-bond donors (Lipinski definition) is 1. The molecule has 9 nitrogen and oxygen atoms in total. The molecular weight excluding hydrogens is 434 g/mol. The molecule has 1 aromatic carbocycles. The van der Waals surface area contributed by atoms with Gasteiger partial charge in [0.2, 0.25) is 0 Å². The van der Waals surface area contributed by atoms with E-state index in [0.717, 1.165) is 6.42 Å². The van der Waals surface area contributed by atoms with Crippen molar-refractivity contribution in [2.75, 3.05) is 26.7 Å². The summed E-state index contributed by atoms with van der Waals surface area (Å²) in [6.07, 6.45) is 3.36. The average molecular weight is 458 g/mol. The molecule has 3 aromatic rings. The molecule has 1 aliphatic heterocycles. The number of nitrogens with zero attached hydrogens (tertiary/aromatic N) is 5. The summed E-state index contributed by atoms with van der Waals surface area (Å²) in [4.78, 5) is 29.7. The van der Waals surface area contributed by atoms with Crippen molar-refractivity contribution < 1.29 is 23.1 Å². The van der Waals surface area contributed by atoms with E-state index in [9.17, 15) is 18.4 Å². The number of amides is 2. The number of hydrogen-bond acceptors (Lipinski definition) is 6. The van der Waals surface area contributed by atoms with Crippen molar-refractivity contribution in [3.05, 3.63) is 41.6 Å². The van der Waals surface area contributed by atoms with Gasteiger partial charge in [-0.15, -0.1) is 5.10 Å². The lowest BCUT2D eigenvalue weighted by Crippen LogP contribution is -2.39. The van der Waals surface area contributed by atoms with Gasteiger partial charge in [-0.25, -0.2) is 18.3 Å². The zero-order valence-corrected chi connectivity index (χ0v) is 18.3. The monoisotopic (exact) mass is 458 g/mol. The van der Waals surface area contributed by atoms with Gasteiger partial charge in [0.1, 0.15) is 11.0 Å². The number of piperidine rings is 1. The third kappa shape index (κ3) is 4.35. The van der Waals surface area contributed by atoms with Crippen LogP contribution in [-0.4, -0.2) is 63.6 Å². The minimum atomic E-state index is -1.23. The summed E-state index contributed by atoms with van der Waals surface area (Å²) in [5, 5.41) is 10.7. The van der Waals surface area contributed by atoms with Crippen LogP contribution < -0.4 is 5.32 Å². The Morgan fingerprint density at radius 1 is 1.21 bits per heavy atom. The van der Waals surface area contributed by atoms with Crippen LogP contribution in [0.5, 0.6) is 0 Å². The van der Waals surface area contributed by atoms with E-state index >= 15 is 0 Å². The molecule has 11 heteroatoms. The normalized spacial score (nSPS) is 14.5. The summed E-state index contributed by atoms with van der Waals surface area (Å²) in [7, 11) is 1.34. The fourth-order valence-corrected chi connectivity index (χ4v) is 3.89. The predicted octanol–water partition coefficient (Wildman–Crippen LogP) is 3.31. The maximum absolute atomic E-state index is 14.6. The number of fused-ring (bicyclic) bond motifs is 1. The van der Waals surface area contributed by atoms with Crippen LogP contribution in [0.15, 0.2) is 24.4 Å². The van der Waals surface area contributed by atoms with Gasteiger partial charge in [0.05, 0.1) is 30.1 Å². The topological polar surface area (TPSA) is 102 Å². The van der Waals surface area contributed by atoms with E-state index in [4.69, 9.17) is 4.74 Å².